The molecule has 25 heavy (non-hydrogen) atoms. The first-order valence-electron chi connectivity index (χ1n) is 8.33. The average molecular weight is 344 g/mol. The number of carbonyl (C=O) groups is 1. The molecule has 0 spiro atoms. The normalized spacial score (nSPS) is 15.2. The summed E-state index contributed by atoms with van der Waals surface area (Å²) in [5, 5.41) is 7.07. The summed E-state index contributed by atoms with van der Waals surface area (Å²) in [7, 11) is 1.62. The third-order valence-corrected chi connectivity index (χ3v) is 4.46. The van der Waals surface area contributed by atoms with E-state index in [0.717, 1.165) is 37.2 Å². The highest BCUT2D eigenvalue weighted by atomic mass is 19.1. The molecule has 7 heteroatoms. The van der Waals surface area contributed by atoms with Gasteiger partial charge in [-0.15, -0.1) is 0 Å². The number of hydrogen-bond acceptors (Lipinski definition) is 4. The van der Waals surface area contributed by atoms with E-state index in [9.17, 15) is 14.0 Å². The Hall–Kier alpha value is -2.70. The summed E-state index contributed by atoms with van der Waals surface area (Å²) in [4.78, 5) is 25.9. The van der Waals surface area contributed by atoms with Crippen molar-refractivity contribution in [3.8, 4) is 0 Å². The fourth-order valence-electron chi connectivity index (χ4n) is 2.98. The minimum absolute atomic E-state index is 0.0553. The van der Waals surface area contributed by atoms with E-state index in [2.05, 4.69) is 15.3 Å². The van der Waals surface area contributed by atoms with E-state index < -0.39 is 0 Å². The van der Waals surface area contributed by atoms with Crippen LogP contribution in [0, 0.1) is 5.82 Å². The smallest absolute Gasteiger partial charge is 0.268 e. The van der Waals surface area contributed by atoms with Gasteiger partial charge in [-0.05, 0) is 30.5 Å². The van der Waals surface area contributed by atoms with E-state index in [1.807, 2.05) is 0 Å². The number of halogens is 1. The molecule has 1 saturated heterocycles. The molecular formula is C18H21FN4O2. The first kappa shape index (κ1) is 17.1. The number of benzene rings is 1. The van der Waals surface area contributed by atoms with E-state index in [1.165, 1.54) is 16.8 Å². The van der Waals surface area contributed by atoms with Crippen molar-refractivity contribution in [2.75, 3.05) is 18.0 Å². The van der Waals surface area contributed by atoms with Gasteiger partial charge < -0.3 is 10.2 Å². The van der Waals surface area contributed by atoms with Gasteiger partial charge in [0.1, 0.15) is 5.82 Å². The summed E-state index contributed by atoms with van der Waals surface area (Å²) >= 11 is 0. The number of nitrogens with zero attached hydrogens (tertiary/aromatic N) is 3. The molecule has 0 atom stereocenters. The van der Waals surface area contributed by atoms with Gasteiger partial charge in [0.2, 0.25) is 5.91 Å². The standard InChI is InChI=1S/C18H21FN4O2/c1-22-18(25)11-16(12-20-22)23-8-6-15(7-9-23)21-17(24)10-13-2-4-14(19)5-3-13/h2-5,11-12,15H,6-10H2,1H3,(H,21,24). The van der Waals surface area contributed by atoms with Gasteiger partial charge in [-0.25, -0.2) is 9.07 Å². The summed E-state index contributed by atoms with van der Waals surface area (Å²) in [6, 6.07) is 7.67. The molecule has 1 amide bonds. The van der Waals surface area contributed by atoms with Crippen LogP contribution in [-0.2, 0) is 18.3 Å². The first-order valence-corrected chi connectivity index (χ1v) is 8.33. The molecule has 0 radical (unpaired) electrons. The van der Waals surface area contributed by atoms with E-state index in [4.69, 9.17) is 0 Å². The molecule has 2 heterocycles. The quantitative estimate of drug-likeness (QED) is 0.906. The molecule has 0 unspecified atom stereocenters. The monoisotopic (exact) mass is 344 g/mol. The third kappa shape index (κ3) is 4.43. The van der Waals surface area contributed by atoms with Gasteiger partial charge in [0.25, 0.3) is 5.56 Å². The number of anilines is 1. The van der Waals surface area contributed by atoms with Crippen LogP contribution < -0.4 is 15.8 Å². The van der Waals surface area contributed by atoms with Gasteiger partial charge >= 0.3 is 0 Å². The minimum atomic E-state index is -0.304. The summed E-state index contributed by atoms with van der Waals surface area (Å²) in [6.07, 6.45) is 3.56. The molecule has 1 aliphatic rings. The fourth-order valence-corrected chi connectivity index (χ4v) is 2.98. The maximum absolute atomic E-state index is 12.9. The zero-order chi connectivity index (χ0) is 17.8. The van der Waals surface area contributed by atoms with Crippen LogP contribution in [0.3, 0.4) is 0 Å². The van der Waals surface area contributed by atoms with Crippen molar-refractivity contribution in [1.82, 2.24) is 15.1 Å². The Morgan fingerprint density at radius 2 is 1.96 bits per heavy atom. The van der Waals surface area contributed by atoms with E-state index in [0.29, 0.717) is 0 Å². The van der Waals surface area contributed by atoms with Gasteiger partial charge in [0.05, 0.1) is 18.3 Å². The lowest BCUT2D eigenvalue weighted by atomic mass is 10.0. The summed E-state index contributed by atoms with van der Waals surface area (Å²) in [6.45, 7) is 1.52. The van der Waals surface area contributed by atoms with Crippen molar-refractivity contribution >= 4 is 11.6 Å². The zero-order valence-corrected chi connectivity index (χ0v) is 14.1. The molecule has 1 aromatic heterocycles. The predicted molar refractivity (Wildman–Crippen MR) is 93.0 cm³/mol. The van der Waals surface area contributed by atoms with Crippen LogP contribution in [0.5, 0.6) is 0 Å². The molecule has 1 aliphatic heterocycles. The molecular weight excluding hydrogens is 323 g/mol. The Morgan fingerprint density at radius 3 is 2.60 bits per heavy atom. The van der Waals surface area contributed by atoms with Crippen molar-refractivity contribution in [3.63, 3.8) is 0 Å². The Morgan fingerprint density at radius 1 is 1.28 bits per heavy atom. The Kier molecular flexibility index (Phi) is 5.11. The number of aryl methyl sites for hydroxylation is 1. The van der Waals surface area contributed by atoms with E-state index >= 15 is 0 Å². The summed E-state index contributed by atoms with van der Waals surface area (Å²) < 4.78 is 14.2. The van der Waals surface area contributed by atoms with Crippen LogP contribution in [-0.4, -0.2) is 34.8 Å². The molecule has 1 fully saturated rings. The maximum atomic E-state index is 12.9. The van der Waals surface area contributed by atoms with Crippen LogP contribution in [0.25, 0.3) is 0 Å². The highest BCUT2D eigenvalue weighted by Crippen LogP contribution is 2.17. The summed E-state index contributed by atoms with van der Waals surface area (Å²) in [5.74, 6) is -0.359. The van der Waals surface area contributed by atoms with Crippen LogP contribution in [0.4, 0.5) is 10.1 Å². The molecule has 0 saturated carbocycles. The fraction of sp³-hybridized carbons (Fsp3) is 0.389. The van der Waals surface area contributed by atoms with Gasteiger partial charge in [0.15, 0.2) is 0 Å². The molecule has 1 aromatic carbocycles. The number of rotatable bonds is 4. The highest BCUT2D eigenvalue weighted by Gasteiger charge is 2.21. The molecule has 132 valence electrons. The predicted octanol–water partition coefficient (Wildman–Crippen LogP) is 1.25. The molecule has 1 N–H and O–H groups in total. The van der Waals surface area contributed by atoms with Crippen molar-refractivity contribution < 1.29 is 9.18 Å². The number of amides is 1. The Bertz CT molecular complexity index is 795. The molecule has 0 bridgehead atoms. The van der Waals surface area contributed by atoms with Crippen molar-refractivity contribution in [1.29, 1.82) is 0 Å². The van der Waals surface area contributed by atoms with Crippen molar-refractivity contribution in [2.45, 2.75) is 25.3 Å². The topological polar surface area (TPSA) is 67.2 Å². The SMILES string of the molecule is Cn1ncc(N2CCC(NC(=O)Cc3ccc(F)cc3)CC2)cc1=O. The lowest BCUT2D eigenvalue weighted by molar-refractivity contribution is -0.121. The number of carbonyl (C=O) groups excluding carboxylic acids is 1. The minimum Gasteiger partial charge on any atom is -0.370 e. The van der Waals surface area contributed by atoms with Crippen molar-refractivity contribution in [2.24, 2.45) is 7.05 Å². The van der Waals surface area contributed by atoms with Gasteiger partial charge in [-0.3, -0.25) is 9.59 Å². The van der Waals surface area contributed by atoms with Crippen LogP contribution >= 0.6 is 0 Å². The molecule has 0 aliphatic carbocycles. The lowest BCUT2D eigenvalue weighted by Crippen LogP contribution is -2.45. The van der Waals surface area contributed by atoms with E-state index in [-0.39, 0.29) is 29.7 Å². The second-order valence-electron chi connectivity index (χ2n) is 6.31. The number of aromatic nitrogens is 2. The summed E-state index contributed by atoms with van der Waals surface area (Å²) in [5.41, 5.74) is 1.48. The lowest BCUT2D eigenvalue weighted by Gasteiger charge is -2.33. The molecule has 3 rings (SSSR count). The maximum Gasteiger partial charge on any atom is 0.268 e. The number of piperidine rings is 1. The van der Waals surface area contributed by atoms with Crippen LogP contribution in [0.15, 0.2) is 41.3 Å². The molecule has 2 aromatic rings. The van der Waals surface area contributed by atoms with Gasteiger partial charge in [-0.2, -0.15) is 5.10 Å². The van der Waals surface area contributed by atoms with Gasteiger partial charge in [0, 0.05) is 32.2 Å². The third-order valence-electron chi connectivity index (χ3n) is 4.46. The Balaban J connectivity index is 1.50. The van der Waals surface area contributed by atoms with Crippen molar-refractivity contribution in [3.05, 3.63) is 58.3 Å². The highest BCUT2D eigenvalue weighted by molar-refractivity contribution is 5.78. The number of hydrogen-bond donors (Lipinski definition) is 1. The van der Waals surface area contributed by atoms with Crippen LogP contribution in [0.1, 0.15) is 18.4 Å². The van der Waals surface area contributed by atoms with E-state index in [1.54, 1.807) is 31.4 Å². The van der Waals surface area contributed by atoms with Gasteiger partial charge in [-0.1, -0.05) is 12.1 Å². The first-order chi connectivity index (χ1) is 12.0. The average Bonchev–Trinajstić information content (AvgIpc) is 2.60. The zero-order valence-electron chi connectivity index (χ0n) is 14.1. The number of nitrogens with one attached hydrogen (secondary N) is 1. The second-order valence-corrected chi connectivity index (χ2v) is 6.31. The largest absolute Gasteiger partial charge is 0.370 e. The molecule has 6 nitrogen and oxygen atoms in total. The van der Waals surface area contributed by atoms with Crippen LogP contribution in [0.2, 0.25) is 0 Å². The Labute approximate surface area is 145 Å². The second kappa shape index (κ2) is 7.46.